The highest BCUT2D eigenvalue weighted by atomic mass is 79.9. The van der Waals surface area contributed by atoms with Gasteiger partial charge in [-0.2, -0.15) is 0 Å². The highest BCUT2D eigenvalue weighted by molar-refractivity contribution is 9.10. The Hall–Kier alpha value is -3.26. The topological polar surface area (TPSA) is 87.5 Å². The summed E-state index contributed by atoms with van der Waals surface area (Å²) in [7, 11) is 0. The first-order valence-corrected chi connectivity index (χ1v) is 8.64. The first-order chi connectivity index (χ1) is 13.0. The molecule has 0 bridgehead atoms. The van der Waals surface area contributed by atoms with Crippen LogP contribution in [-0.4, -0.2) is 20.9 Å². The van der Waals surface area contributed by atoms with Crippen molar-refractivity contribution in [2.75, 3.05) is 0 Å². The van der Waals surface area contributed by atoms with E-state index in [1.54, 1.807) is 12.3 Å². The van der Waals surface area contributed by atoms with Gasteiger partial charge >= 0.3 is 5.69 Å². The summed E-state index contributed by atoms with van der Waals surface area (Å²) in [6.07, 6.45) is 2.96. The molecule has 2 aromatic carbocycles. The minimum atomic E-state index is -0.937. The molecule has 0 spiro atoms. The second-order valence-electron chi connectivity index (χ2n) is 5.80. The molecule has 134 valence electrons. The van der Waals surface area contributed by atoms with E-state index in [1.807, 2.05) is 12.1 Å². The van der Waals surface area contributed by atoms with E-state index in [2.05, 4.69) is 25.9 Å². The van der Waals surface area contributed by atoms with Crippen LogP contribution in [0.3, 0.4) is 0 Å². The fourth-order valence-corrected chi connectivity index (χ4v) is 3.22. The number of hydrogen-bond donors (Lipinski definition) is 2. The number of halogens is 2. The molecule has 0 fully saturated rings. The van der Waals surface area contributed by atoms with E-state index in [9.17, 15) is 19.1 Å². The lowest BCUT2D eigenvalue weighted by atomic mass is 10.1. The molecule has 0 unspecified atom stereocenters. The number of nitrogens with one attached hydrogen (secondary N) is 1. The molecule has 4 rings (SSSR count). The van der Waals surface area contributed by atoms with Gasteiger partial charge in [0, 0.05) is 21.8 Å². The monoisotopic (exact) mass is 427 g/mol. The van der Waals surface area contributed by atoms with Crippen molar-refractivity contribution in [3.8, 4) is 11.6 Å². The summed E-state index contributed by atoms with van der Waals surface area (Å²) >= 11 is 3.38. The number of allylic oxidation sites excluding steroid dienone is 1. The Morgan fingerprint density at radius 2 is 1.96 bits per heavy atom. The average molecular weight is 428 g/mol. The maximum absolute atomic E-state index is 14.1. The quantitative estimate of drug-likeness (QED) is 0.656. The van der Waals surface area contributed by atoms with Crippen LogP contribution in [0.5, 0.6) is 5.88 Å². The zero-order valence-electron chi connectivity index (χ0n) is 13.6. The fraction of sp³-hybridized carbons (Fsp3) is 0. The van der Waals surface area contributed by atoms with Crippen LogP contribution in [0.1, 0.15) is 11.1 Å². The van der Waals surface area contributed by atoms with Crippen molar-refractivity contribution in [1.29, 1.82) is 0 Å². The molecule has 0 saturated carbocycles. The molecule has 27 heavy (non-hydrogen) atoms. The molecule has 2 N–H and O–H groups in total. The molecule has 0 saturated heterocycles. The van der Waals surface area contributed by atoms with Crippen LogP contribution in [0, 0.1) is 5.82 Å². The Morgan fingerprint density at radius 3 is 2.74 bits per heavy atom. The van der Waals surface area contributed by atoms with Gasteiger partial charge in [0.15, 0.2) is 0 Å². The van der Waals surface area contributed by atoms with Crippen molar-refractivity contribution in [2.45, 2.75) is 0 Å². The van der Waals surface area contributed by atoms with Gasteiger partial charge in [-0.1, -0.05) is 28.1 Å². The van der Waals surface area contributed by atoms with Crippen LogP contribution in [0.15, 0.2) is 61.5 Å². The van der Waals surface area contributed by atoms with Crippen molar-refractivity contribution in [1.82, 2.24) is 9.55 Å². The number of fused-ring (bicyclic) bond motifs is 1. The minimum absolute atomic E-state index is 0.167. The first kappa shape index (κ1) is 17.2. The third kappa shape index (κ3) is 2.93. The number of nitrogens with zero attached hydrogens (tertiary/aromatic N) is 2. The first-order valence-electron chi connectivity index (χ1n) is 7.84. The minimum Gasteiger partial charge on any atom is -0.494 e. The van der Waals surface area contributed by atoms with E-state index >= 15 is 0 Å². The number of H-pyrrole nitrogens is 1. The molecule has 1 aliphatic heterocycles. The number of aromatic amines is 1. The van der Waals surface area contributed by atoms with Crippen LogP contribution in [0.25, 0.3) is 17.3 Å². The summed E-state index contributed by atoms with van der Waals surface area (Å²) in [5.74, 6) is -1.37. The number of para-hydroxylation sites is 1. The van der Waals surface area contributed by atoms with Gasteiger partial charge in [0.1, 0.15) is 11.4 Å². The Morgan fingerprint density at radius 1 is 1.19 bits per heavy atom. The maximum Gasteiger partial charge on any atom is 0.335 e. The summed E-state index contributed by atoms with van der Waals surface area (Å²) in [5, 5.41) is 10.6. The van der Waals surface area contributed by atoms with Gasteiger partial charge in [-0.05, 0) is 36.4 Å². The third-order valence-electron chi connectivity index (χ3n) is 4.13. The number of rotatable bonds is 2. The Bertz CT molecular complexity index is 1260. The Kier molecular flexibility index (Phi) is 4.12. The van der Waals surface area contributed by atoms with Crippen molar-refractivity contribution in [3.63, 3.8) is 0 Å². The molecule has 3 aromatic rings. The standard InChI is InChI=1S/C19H11BrFN3O3/c20-11-5-6-15-12(8-11)10(9-22-15)7-13-17(25)23-19(27)24(18(13)26)16-4-2-1-3-14(16)21/h1-9,26H,(H,23,25,27). The highest BCUT2D eigenvalue weighted by Crippen LogP contribution is 2.35. The normalized spacial score (nSPS) is 13.9. The molecule has 0 amide bonds. The van der Waals surface area contributed by atoms with Gasteiger partial charge in [0.2, 0.25) is 5.88 Å². The highest BCUT2D eigenvalue weighted by Gasteiger charge is 2.19. The van der Waals surface area contributed by atoms with Gasteiger partial charge in [-0.15, -0.1) is 0 Å². The van der Waals surface area contributed by atoms with E-state index in [0.29, 0.717) is 11.3 Å². The molecule has 1 aliphatic rings. The van der Waals surface area contributed by atoms with Gasteiger partial charge in [-0.3, -0.25) is 14.8 Å². The van der Waals surface area contributed by atoms with Crippen molar-refractivity contribution < 1.29 is 9.50 Å². The summed E-state index contributed by atoms with van der Waals surface area (Å²) < 4.78 is 15.7. The van der Waals surface area contributed by atoms with Gasteiger partial charge in [0.05, 0.1) is 11.4 Å². The summed E-state index contributed by atoms with van der Waals surface area (Å²) in [6, 6.07) is 10.9. The van der Waals surface area contributed by atoms with Crippen LogP contribution in [0.2, 0.25) is 0 Å². The SMILES string of the molecule is O=c1[nH]c(=O)n(-c2ccccc2F)c(O)c1C=C1C=Nc2ccc(Br)cc21. The lowest BCUT2D eigenvalue weighted by Crippen LogP contribution is -2.30. The molecule has 8 heteroatoms. The summed E-state index contributed by atoms with van der Waals surface area (Å²) in [6.45, 7) is 0. The zero-order valence-corrected chi connectivity index (χ0v) is 15.2. The van der Waals surface area contributed by atoms with Crippen LogP contribution >= 0.6 is 15.9 Å². The van der Waals surface area contributed by atoms with Crippen LogP contribution in [-0.2, 0) is 0 Å². The number of benzene rings is 2. The number of hydrogen-bond acceptors (Lipinski definition) is 4. The third-order valence-corrected chi connectivity index (χ3v) is 4.62. The molecule has 0 aliphatic carbocycles. The van der Waals surface area contributed by atoms with Crippen molar-refractivity contribution in [3.05, 3.63) is 84.7 Å². The second kappa shape index (κ2) is 6.48. The lowest BCUT2D eigenvalue weighted by molar-refractivity contribution is 0.426. The Balaban J connectivity index is 1.95. The predicted octanol–water partition coefficient (Wildman–Crippen LogP) is 3.39. The van der Waals surface area contributed by atoms with E-state index < -0.39 is 22.9 Å². The Labute approximate surface area is 160 Å². The van der Waals surface area contributed by atoms with Crippen LogP contribution in [0.4, 0.5) is 10.1 Å². The smallest absolute Gasteiger partial charge is 0.335 e. The summed E-state index contributed by atoms with van der Waals surface area (Å²) in [4.78, 5) is 30.8. The van der Waals surface area contributed by atoms with E-state index in [1.165, 1.54) is 24.3 Å². The van der Waals surface area contributed by atoms with Crippen LogP contribution < -0.4 is 11.2 Å². The molecule has 1 aromatic heterocycles. The number of aromatic hydroxyl groups is 1. The largest absolute Gasteiger partial charge is 0.494 e. The van der Waals surface area contributed by atoms with Gasteiger partial charge in [0.25, 0.3) is 5.56 Å². The van der Waals surface area contributed by atoms with Gasteiger partial charge < -0.3 is 5.11 Å². The predicted molar refractivity (Wildman–Crippen MR) is 104 cm³/mol. The lowest BCUT2D eigenvalue weighted by Gasteiger charge is -2.11. The summed E-state index contributed by atoms with van der Waals surface area (Å²) in [5.41, 5.74) is -0.0193. The molecular weight excluding hydrogens is 417 g/mol. The molecule has 0 radical (unpaired) electrons. The zero-order chi connectivity index (χ0) is 19.1. The number of aromatic nitrogens is 2. The average Bonchev–Trinajstić information content (AvgIpc) is 3.02. The molecular formula is C19H11BrFN3O3. The second-order valence-corrected chi connectivity index (χ2v) is 6.72. The van der Waals surface area contributed by atoms with E-state index in [-0.39, 0.29) is 11.3 Å². The fourth-order valence-electron chi connectivity index (χ4n) is 2.86. The van der Waals surface area contributed by atoms with E-state index in [0.717, 1.165) is 20.7 Å². The maximum atomic E-state index is 14.1. The molecule has 0 atom stereocenters. The van der Waals surface area contributed by atoms with Crippen molar-refractivity contribution >= 4 is 39.5 Å². The van der Waals surface area contributed by atoms with Crippen molar-refractivity contribution in [2.24, 2.45) is 4.99 Å². The molecule has 6 nitrogen and oxygen atoms in total. The number of aliphatic imine (C=N–C) groups is 1. The van der Waals surface area contributed by atoms with E-state index in [4.69, 9.17) is 0 Å². The molecule has 2 heterocycles. The van der Waals surface area contributed by atoms with Gasteiger partial charge in [-0.25, -0.2) is 13.8 Å².